The third-order valence-corrected chi connectivity index (χ3v) is 1.61. The van der Waals surface area contributed by atoms with Crippen molar-refractivity contribution in [3.63, 3.8) is 0 Å². The molecule has 0 aliphatic heterocycles. The molecule has 0 fully saturated rings. The van der Waals surface area contributed by atoms with Crippen LogP contribution in [0.25, 0.3) is 6.08 Å². The Morgan fingerprint density at radius 3 is 1.85 bits per heavy atom. The number of rotatable bonds is 1. The highest BCUT2D eigenvalue weighted by atomic mass is 13.8. The van der Waals surface area contributed by atoms with Gasteiger partial charge in [0.1, 0.15) is 0 Å². The van der Waals surface area contributed by atoms with Crippen LogP contribution >= 0.6 is 0 Å². The maximum absolute atomic E-state index is 3.63. The van der Waals surface area contributed by atoms with Crippen LogP contribution in [-0.4, -0.2) is 0 Å². The normalized spacial score (nSPS) is 7.92. The molecule has 0 spiro atoms. The first kappa shape index (κ1) is 11.7. The molecule has 0 aliphatic carbocycles. The van der Waals surface area contributed by atoms with E-state index in [-0.39, 0.29) is 0 Å². The van der Waals surface area contributed by atoms with Crippen molar-refractivity contribution >= 4 is 6.08 Å². The van der Waals surface area contributed by atoms with E-state index in [9.17, 15) is 0 Å². The van der Waals surface area contributed by atoms with E-state index in [1.165, 1.54) is 11.1 Å². The molecule has 1 aromatic rings. The molecule has 0 saturated heterocycles. The summed E-state index contributed by atoms with van der Waals surface area (Å²) < 4.78 is 0. The molecular weight excluding hydrogens is 156 g/mol. The van der Waals surface area contributed by atoms with E-state index in [0.717, 1.165) is 0 Å². The fourth-order valence-electron chi connectivity index (χ4n) is 0.589. The number of hydrogen-bond donors (Lipinski definition) is 0. The highest BCUT2D eigenvalue weighted by Gasteiger charge is 1.75. The second-order valence-corrected chi connectivity index (χ2v) is 2.98. The molecule has 13 heavy (non-hydrogen) atoms. The van der Waals surface area contributed by atoms with Gasteiger partial charge in [-0.2, -0.15) is 0 Å². The smallest absolute Gasteiger partial charge is 0.0263 e. The van der Waals surface area contributed by atoms with Crippen LogP contribution < -0.4 is 0 Å². The summed E-state index contributed by atoms with van der Waals surface area (Å²) in [5, 5.41) is 0. The quantitative estimate of drug-likeness (QED) is 0.557. The van der Waals surface area contributed by atoms with Gasteiger partial charge in [0.25, 0.3) is 0 Å². The van der Waals surface area contributed by atoms with Crippen molar-refractivity contribution in [2.24, 2.45) is 0 Å². The zero-order valence-electron chi connectivity index (χ0n) is 8.75. The van der Waals surface area contributed by atoms with Crippen LogP contribution in [0.4, 0.5) is 0 Å². The zero-order valence-corrected chi connectivity index (χ0v) is 8.75. The Kier molecular flexibility index (Phi) is 6.62. The topological polar surface area (TPSA) is 0 Å². The van der Waals surface area contributed by atoms with E-state index in [4.69, 9.17) is 0 Å². The number of benzene rings is 1. The molecule has 0 N–H and O–H groups in total. The zero-order chi connectivity index (χ0) is 10.1. The van der Waals surface area contributed by atoms with Gasteiger partial charge in [-0.15, -0.1) is 0 Å². The summed E-state index contributed by atoms with van der Waals surface area (Å²) >= 11 is 0. The lowest BCUT2D eigenvalue weighted by molar-refractivity contribution is 1.36. The number of allylic oxidation sites excluding steroid dienone is 2. The van der Waals surface area contributed by atoms with Gasteiger partial charge in [0.15, 0.2) is 0 Å². The molecular formula is C13H18. The van der Waals surface area contributed by atoms with Crippen LogP contribution in [0.15, 0.2) is 48.6 Å². The SMILES string of the molecule is C=Cc1ccccc1.CC=C(C)C. The fraction of sp³-hybridized carbons (Fsp3) is 0.231. The Labute approximate surface area is 81.6 Å². The minimum Gasteiger partial charge on any atom is -0.0985 e. The fourth-order valence-corrected chi connectivity index (χ4v) is 0.589. The van der Waals surface area contributed by atoms with Crippen molar-refractivity contribution in [1.29, 1.82) is 0 Å². The van der Waals surface area contributed by atoms with Crippen molar-refractivity contribution in [2.75, 3.05) is 0 Å². The maximum atomic E-state index is 3.63. The van der Waals surface area contributed by atoms with E-state index in [1.54, 1.807) is 0 Å². The summed E-state index contributed by atoms with van der Waals surface area (Å²) in [7, 11) is 0. The van der Waals surface area contributed by atoms with E-state index in [2.05, 4.69) is 26.5 Å². The van der Waals surface area contributed by atoms with Gasteiger partial charge in [0.2, 0.25) is 0 Å². The molecule has 0 unspecified atom stereocenters. The van der Waals surface area contributed by atoms with Crippen molar-refractivity contribution in [3.8, 4) is 0 Å². The lowest BCUT2D eigenvalue weighted by Gasteiger charge is -1.85. The second-order valence-electron chi connectivity index (χ2n) is 2.98. The second kappa shape index (κ2) is 7.35. The molecule has 0 heterocycles. The Balaban J connectivity index is 0.000000252. The van der Waals surface area contributed by atoms with Gasteiger partial charge < -0.3 is 0 Å². The van der Waals surface area contributed by atoms with E-state index >= 15 is 0 Å². The summed E-state index contributed by atoms with van der Waals surface area (Å²) in [6.45, 7) is 9.83. The lowest BCUT2D eigenvalue weighted by Crippen LogP contribution is -1.63. The predicted octanol–water partition coefficient (Wildman–Crippen LogP) is 4.30. The molecule has 1 aromatic carbocycles. The van der Waals surface area contributed by atoms with Crippen LogP contribution in [0.2, 0.25) is 0 Å². The van der Waals surface area contributed by atoms with Crippen LogP contribution in [0.5, 0.6) is 0 Å². The first-order valence-corrected chi connectivity index (χ1v) is 4.47. The summed E-state index contributed by atoms with van der Waals surface area (Å²) in [4.78, 5) is 0. The highest BCUT2D eigenvalue weighted by Crippen LogP contribution is 1.97. The average Bonchev–Trinajstić information content (AvgIpc) is 2.20. The van der Waals surface area contributed by atoms with Crippen molar-refractivity contribution in [2.45, 2.75) is 20.8 Å². The molecule has 0 radical (unpaired) electrons. The summed E-state index contributed by atoms with van der Waals surface area (Å²) in [5.41, 5.74) is 2.55. The average molecular weight is 174 g/mol. The van der Waals surface area contributed by atoms with Crippen LogP contribution in [0, 0.1) is 0 Å². The molecule has 70 valence electrons. The molecule has 0 heteroatoms. The summed E-state index contributed by atoms with van der Waals surface area (Å²) in [6.07, 6.45) is 3.92. The molecule has 1 rings (SSSR count). The molecule has 0 saturated carbocycles. The number of hydrogen-bond acceptors (Lipinski definition) is 0. The summed E-state index contributed by atoms with van der Waals surface area (Å²) in [6, 6.07) is 10.0. The van der Waals surface area contributed by atoms with Crippen molar-refractivity contribution < 1.29 is 0 Å². The molecule has 0 aromatic heterocycles. The van der Waals surface area contributed by atoms with Gasteiger partial charge in [-0.3, -0.25) is 0 Å². The third-order valence-electron chi connectivity index (χ3n) is 1.61. The van der Waals surface area contributed by atoms with Crippen LogP contribution in [0.3, 0.4) is 0 Å². The van der Waals surface area contributed by atoms with Gasteiger partial charge in [-0.05, 0) is 26.3 Å². The monoisotopic (exact) mass is 174 g/mol. The van der Waals surface area contributed by atoms with Gasteiger partial charge in [-0.1, -0.05) is 54.6 Å². The molecule has 0 amide bonds. The highest BCUT2D eigenvalue weighted by molar-refractivity contribution is 5.45. The molecule has 0 nitrogen and oxygen atoms in total. The Morgan fingerprint density at radius 2 is 1.62 bits per heavy atom. The van der Waals surface area contributed by atoms with E-state index in [0.29, 0.717) is 0 Å². The minimum atomic E-state index is 1.17. The van der Waals surface area contributed by atoms with Gasteiger partial charge >= 0.3 is 0 Å². The van der Waals surface area contributed by atoms with Crippen LogP contribution in [0.1, 0.15) is 26.3 Å². The standard InChI is InChI=1S/C8H8.C5H10/c1-2-8-6-4-3-5-7-8;1-4-5(2)3/h2-7H,1H2;4H,1-3H3. The first-order chi connectivity index (χ1) is 6.20. The predicted molar refractivity (Wildman–Crippen MR) is 61.6 cm³/mol. The van der Waals surface area contributed by atoms with E-state index < -0.39 is 0 Å². The lowest BCUT2D eigenvalue weighted by atomic mass is 10.2. The third kappa shape index (κ3) is 7.07. The van der Waals surface area contributed by atoms with Gasteiger partial charge in [-0.25, -0.2) is 0 Å². The van der Waals surface area contributed by atoms with Crippen molar-refractivity contribution in [3.05, 3.63) is 54.1 Å². The Morgan fingerprint density at radius 1 is 1.15 bits per heavy atom. The van der Waals surface area contributed by atoms with E-state index in [1.807, 2.05) is 43.3 Å². The van der Waals surface area contributed by atoms with Crippen molar-refractivity contribution in [1.82, 2.24) is 0 Å². The largest absolute Gasteiger partial charge is 0.0985 e. The molecule has 0 bridgehead atoms. The first-order valence-electron chi connectivity index (χ1n) is 4.47. The maximum Gasteiger partial charge on any atom is -0.0263 e. The Bertz CT molecular complexity index is 251. The minimum absolute atomic E-state index is 1.17. The summed E-state index contributed by atoms with van der Waals surface area (Å²) in [5.74, 6) is 0. The van der Waals surface area contributed by atoms with Crippen LogP contribution in [-0.2, 0) is 0 Å². The molecule has 0 aliphatic rings. The van der Waals surface area contributed by atoms with Gasteiger partial charge in [0.05, 0.1) is 0 Å². The molecule has 0 atom stereocenters. The van der Waals surface area contributed by atoms with Gasteiger partial charge in [0, 0.05) is 0 Å². The Hall–Kier alpha value is -1.30.